The van der Waals surface area contributed by atoms with Crippen LogP contribution in [0.2, 0.25) is 0 Å². The molecule has 0 amide bonds. The van der Waals surface area contributed by atoms with E-state index in [-0.39, 0.29) is 18.3 Å². The number of Topliss-reactive ketones (excluding diaryl/α,β-unsaturated/α-hetero) is 2. The molecule has 2 N–H and O–H groups in total. The molecule has 0 spiro atoms. The molecule has 142 valence electrons. The summed E-state index contributed by atoms with van der Waals surface area (Å²) in [7, 11) is 0. The van der Waals surface area contributed by atoms with Gasteiger partial charge in [0.05, 0.1) is 6.61 Å². The molecule has 1 aliphatic carbocycles. The van der Waals surface area contributed by atoms with Crippen LogP contribution in [0.25, 0.3) is 0 Å². The van der Waals surface area contributed by atoms with Crippen molar-refractivity contribution in [3.8, 4) is 0 Å². The van der Waals surface area contributed by atoms with Crippen LogP contribution in [0.1, 0.15) is 64.7 Å². The molecule has 0 aliphatic heterocycles. The minimum Gasteiger partial charge on any atom is -0.396 e. The van der Waals surface area contributed by atoms with Gasteiger partial charge in [0.15, 0.2) is 5.78 Å². The molecule has 3 atom stereocenters. The second kappa shape index (κ2) is 13.0. The van der Waals surface area contributed by atoms with E-state index in [0.29, 0.717) is 31.0 Å². The monoisotopic (exact) mass is 350 g/mol. The van der Waals surface area contributed by atoms with Crippen LogP contribution in [0.5, 0.6) is 0 Å². The lowest BCUT2D eigenvalue weighted by Crippen LogP contribution is -2.20. The van der Waals surface area contributed by atoms with E-state index in [2.05, 4.69) is 19.1 Å². The first-order valence-electron chi connectivity index (χ1n) is 9.72. The summed E-state index contributed by atoms with van der Waals surface area (Å²) in [4.78, 5) is 23.5. The summed E-state index contributed by atoms with van der Waals surface area (Å²) in [6.07, 6.45) is 17.1. The van der Waals surface area contributed by atoms with Crippen LogP contribution in [0.3, 0.4) is 0 Å². The molecule has 0 aromatic heterocycles. The number of carbonyl (C=O) groups excluding carboxylic acids is 2. The fraction of sp³-hybridized carbons (Fsp3) is 0.714. The van der Waals surface area contributed by atoms with Crippen molar-refractivity contribution in [1.29, 1.82) is 0 Å². The molecular formula is C21H34O4. The molecule has 1 unspecified atom stereocenters. The predicted octanol–water partition coefficient (Wildman–Crippen LogP) is 3.61. The van der Waals surface area contributed by atoms with Gasteiger partial charge < -0.3 is 10.2 Å². The van der Waals surface area contributed by atoms with Gasteiger partial charge in [-0.1, -0.05) is 50.5 Å². The number of hydrogen-bond acceptors (Lipinski definition) is 4. The summed E-state index contributed by atoms with van der Waals surface area (Å²) in [5.41, 5.74) is 0. The van der Waals surface area contributed by atoms with Gasteiger partial charge in [0, 0.05) is 18.3 Å². The van der Waals surface area contributed by atoms with Gasteiger partial charge in [0.25, 0.3) is 0 Å². The zero-order valence-corrected chi connectivity index (χ0v) is 15.5. The Morgan fingerprint density at radius 2 is 2.00 bits per heavy atom. The fourth-order valence-electron chi connectivity index (χ4n) is 3.37. The van der Waals surface area contributed by atoms with E-state index in [1.807, 2.05) is 12.2 Å². The van der Waals surface area contributed by atoms with E-state index in [0.717, 1.165) is 12.8 Å². The van der Waals surface area contributed by atoms with Gasteiger partial charge in [0.1, 0.15) is 12.4 Å². The first kappa shape index (κ1) is 21.8. The van der Waals surface area contributed by atoms with E-state index >= 15 is 0 Å². The number of hydrogen-bond donors (Lipinski definition) is 2. The van der Waals surface area contributed by atoms with E-state index < -0.39 is 12.5 Å². The second-order valence-electron chi connectivity index (χ2n) is 7.00. The second-order valence-corrected chi connectivity index (χ2v) is 7.00. The van der Waals surface area contributed by atoms with Crippen molar-refractivity contribution in [1.82, 2.24) is 0 Å². The Morgan fingerprint density at radius 3 is 2.68 bits per heavy atom. The first-order chi connectivity index (χ1) is 12.1. The number of ketones is 2. The largest absolute Gasteiger partial charge is 0.396 e. The highest BCUT2D eigenvalue weighted by Gasteiger charge is 2.31. The lowest BCUT2D eigenvalue weighted by molar-refractivity contribution is -0.126. The number of aliphatic hydroxyl groups excluding tert-OH is 2. The maximum Gasteiger partial charge on any atom is 0.163 e. The van der Waals surface area contributed by atoms with Crippen molar-refractivity contribution in [2.45, 2.75) is 64.7 Å². The molecule has 1 fully saturated rings. The molecule has 4 heteroatoms. The van der Waals surface area contributed by atoms with E-state index in [4.69, 9.17) is 10.2 Å². The molecule has 4 nitrogen and oxygen atoms in total. The summed E-state index contributed by atoms with van der Waals surface area (Å²) in [5, 5.41) is 18.0. The van der Waals surface area contributed by atoms with E-state index in [1.165, 1.54) is 25.7 Å². The Kier molecular flexibility index (Phi) is 11.3. The zero-order valence-electron chi connectivity index (χ0n) is 15.5. The molecule has 0 aromatic rings. The Labute approximate surface area is 152 Å². The van der Waals surface area contributed by atoms with Gasteiger partial charge in [-0.25, -0.2) is 0 Å². The SMILES string of the molecule is CCCCCCC=C[C@H]1CCC(=O)[C@@H]1CC=CCC(CO)C(=O)CO. The van der Waals surface area contributed by atoms with Gasteiger partial charge in [-0.05, 0) is 38.0 Å². The van der Waals surface area contributed by atoms with Crippen molar-refractivity contribution >= 4 is 11.6 Å². The Morgan fingerprint density at radius 1 is 1.20 bits per heavy atom. The Hall–Kier alpha value is -1.26. The topological polar surface area (TPSA) is 74.6 Å². The third-order valence-corrected chi connectivity index (χ3v) is 5.07. The van der Waals surface area contributed by atoms with E-state index in [1.54, 1.807) is 0 Å². The predicted molar refractivity (Wildman–Crippen MR) is 100 cm³/mol. The van der Waals surface area contributed by atoms with Crippen LogP contribution in [0.15, 0.2) is 24.3 Å². The van der Waals surface area contributed by atoms with Crippen LogP contribution in [-0.2, 0) is 9.59 Å². The highest BCUT2D eigenvalue weighted by atomic mass is 16.3. The molecule has 1 saturated carbocycles. The quantitative estimate of drug-likeness (QED) is 0.393. The Bertz CT molecular complexity index is 453. The molecular weight excluding hydrogens is 316 g/mol. The third-order valence-electron chi connectivity index (χ3n) is 5.07. The molecule has 1 rings (SSSR count). The van der Waals surface area contributed by atoms with Crippen LogP contribution in [0, 0.1) is 17.8 Å². The molecule has 0 radical (unpaired) electrons. The van der Waals surface area contributed by atoms with Gasteiger partial charge >= 0.3 is 0 Å². The van der Waals surface area contributed by atoms with Crippen LogP contribution >= 0.6 is 0 Å². The van der Waals surface area contributed by atoms with Crippen molar-refractivity contribution in [3.63, 3.8) is 0 Å². The van der Waals surface area contributed by atoms with Gasteiger partial charge in [-0.2, -0.15) is 0 Å². The summed E-state index contributed by atoms with van der Waals surface area (Å²) in [6.45, 7) is 1.42. The number of carbonyl (C=O) groups is 2. The summed E-state index contributed by atoms with van der Waals surface area (Å²) in [5.74, 6) is -0.178. The normalized spacial score (nSPS) is 22.3. The first-order valence-corrected chi connectivity index (χ1v) is 9.72. The van der Waals surface area contributed by atoms with Crippen molar-refractivity contribution in [2.75, 3.05) is 13.2 Å². The van der Waals surface area contributed by atoms with Gasteiger partial charge in [-0.15, -0.1) is 0 Å². The van der Waals surface area contributed by atoms with E-state index in [9.17, 15) is 9.59 Å². The molecule has 0 saturated heterocycles. The lowest BCUT2D eigenvalue weighted by atomic mass is 9.91. The van der Waals surface area contributed by atoms with Gasteiger partial charge in [-0.3, -0.25) is 9.59 Å². The zero-order chi connectivity index (χ0) is 18.5. The molecule has 1 aliphatic rings. The maximum absolute atomic E-state index is 12.1. The highest BCUT2D eigenvalue weighted by molar-refractivity contribution is 5.84. The number of unbranched alkanes of at least 4 members (excludes halogenated alkanes) is 4. The van der Waals surface area contributed by atoms with Crippen molar-refractivity contribution in [2.24, 2.45) is 17.8 Å². The summed E-state index contributed by atoms with van der Waals surface area (Å²) in [6, 6.07) is 0. The van der Waals surface area contributed by atoms with Crippen LogP contribution in [-0.4, -0.2) is 35.0 Å². The minimum absolute atomic E-state index is 0.0456. The highest BCUT2D eigenvalue weighted by Crippen LogP contribution is 2.33. The number of allylic oxidation sites excluding steroid dienone is 4. The van der Waals surface area contributed by atoms with Crippen molar-refractivity contribution < 1.29 is 19.8 Å². The number of aliphatic hydroxyl groups is 2. The van der Waals surface area contributed by atoms with Gasteiger partial charge in [0.2, 0.25) is 0 Å². The number of rotatable bonds is 13. The van der Waals surface area contributed by atoms with Crippen LogP contribution < -0.4 is 0 Å². The minimum atomic E-state index is -0.542. The smallest absolute Gasteiger partial charge is 0.163 e. The molecule has 0 aromatic carbocycles. The summed E-state index contributed by atoms with van der Waals surface area (Å²) >= 11 is 0. The lowest BCUT2D eigenvalue weighted by Gasteiger charge is -2.13. The Balaban J connectivity index is 2.40. The van der Waals surface area contributed by atoms with Crippen molar-refractivity contribution in [3.05, 3.63) is 24.3 Å². The van der Waals surface area contributed by atoms with Crippen LogP contribution in [0.4, 0.5) is 0 Å². The standard InChI is InChI=1S/C21H34O4/c1-2-3-4-5-6-7-10-17-13-14-20(24)19(17)12-9-8-11-18(15-22)21(25)16-23/h7-10,17-19,22-23H,2-6,11-16H2,1H3/t17-,18?,19+/m0/s1. The third kappa shape index (κ3) is 8.10. The summed E-state index contributed by atoms with van der Waals surface area (Å²) < 4.78 is 0. The maximum atomic E-state index is 12.1. The average Bonchev–Trinajstić information content (AvgIpc) is 2.97. The fourth-order valence-corrected chi connectivity index (χ4v) is 3.37. The molecule has 0 bridgehead atoms. The average molecular weight is 350 g/mol. The molecule has 0 heterocycles. The molecule has 25 heavy (non-hydrogen) atoms.